The number of carbonyl (C=O) groups excluding carboxylic acids is 1. The topological polar surface area (TPSA) is 80.9 Å². The van der Waals surface area contributed by atoms with E-state index in [9.17, 15) is 4.79 Å². The summed E-state index contributed by atoms with van der Waals surface area (Å²) in [6.07, 6.45) is 1.31. The van der Waals surface area contributed by atoms with Gasteiger partial charge in [-0.05, 0) is 30.7 Å². The summed E-state index contributed by atoms with van der Waals surface area (Å²) in [6.45, 7) is 0. The first-order valence-electron chi connectivity index (χ1n) is 5.78. The number of aromatic nitrogens is 2. The van der Waals surface area contributed by atoms with E-state index in [1.807, 2.05) is 0 Å². The van der Waals surface area contributed by atoms with Crippen LogP contribution in [-0.4, -0.2) is 21.9 Å². The fourth-order valence-corrected chi connectivity index (χ4v) is 2.91. The Bertz CT molecular complexity index is 513. The molecule has 1 amide bonds. The smallest absolute Gasteiger partial charge is 0.224 e. The zero-order chi connectivity index (χ0) is 13.5. The fourth-order valence-electron chi connectivity index (χ4n) is 1.41. The largest absolute Gasteiger partial charge is 0.399 e. The van der Waals surface area contributed by atoms with Crippen LogP contribution in [0.15, 0.2) is 34.1 Å². The van der Waals surface area contributed by atoms with E-state index in [1.54, 1.807) is 41.5 Å². The number of hydrogen-bond donors (Lipinski definition) is 2. The first kappa shape index (κ1) is 13.8. The number of anilines is 2. The predicted octanol–water partition coefficient (Wildman–Crippen LogP) is 2.63. The molecule has 1 heterocycles. The van der Waals surface area contributed by atoms with Gasteiger partial charge in [-0.2, -0.15) is 0 Å². The van der Waals surface area contributed by atoms with E-state index in [1.165, 1.54) is 11.3 Å². The van der Waals surface area contributed by atoms with Gasteiger partial charge in [0.25, 0.3) is 0 Å². The molecule has 3 N–H and O–H groups in total. The lowest BCUT2D eigenvalue weighted by Crippen LogP contribution is -2.11. The average Bonchev–Trinajstić information content (AvgIpc) is 2.91. The Morgan fingerprint density at radius 2 is 2.16 bits per heavy atom. The molecular weight excluding hydrogens is 280 g/mol. The minimum atomic E-state index is 0.0163. The number of hydrogen-bond acceptors (Lipinski definition) is 6. The lowest BCUT2D eigenvalue weighted by Gasteiger charge is -2.05. The molecule has 1 aromatic carbocycles. The van der Waals surface area contributed by atoms with Crippen LogP contribution >= 0.6 is 23.1 Å². The third-order valence-corrected chi connectivity index (χ3v) is 4.25. The van der Waals surface area contributed by atoms with Crippen molar-refractivity contribution in [3.05, 3.63) is 29.8 Å². The number of thioether (sulfide) groups is 1. The van der Waals surface area contributed by atoms with Gasteiger partial charge in [-0.25, -0.2) is 0 Å². The van der Waals surface area contributed by atoms with E-state index >= 15 is 0 Å². The third kappa shape index (κ3) is 4.88. The Morgan fingerprint density at radius 1 is 1.37 bits per heavy atom. The number of benzene rings is 1. The van der Waals surface area contributed by atoms with Gasteiger partial charge in [0.15, 0.2) is 4.34 Å². The van der Waals surface area contributed by atoms with Gasteiger partial charge < -0.3 is 11.1 Å². The van der Waals surface area contributed by atoms with Gasteiger partial charge in [0, 0.05) is 23.5 Å². The van der Waals surface area contributed by atoms with Gasteiger partial charge in [-0.15, -0.1) is 10.2 Å². The van der Waals surface area contributed by atoms with Crippen molar-refractivity contribution in [3.8, 4) is 0 Å². The molecule has 19 heavy (non-hydrogen) atoms. The minimum absolute atomic E-state index is 0.0163. The summed E-state index contributed by atoms with van der Waals surface area (Å²) in [5.41, 5.74) is 8.74. The molecule has 0 unspecified atom stereocenters. The van der Waals surface area contributed by atoms with Crippen LogP contribution in [0, 0.1) is 0 Å². The maximum Gasteiger partial charge on any atom is 0.224 e. The summed E-state index contributed by atoms with van der Waals surface area (Å²) in [6, 6.07) is 7.12. The quantitative estimate of drug-likeness (QED) is 0.486. The molecule has 0 aliphatic heterocycles. The summed E-state index contributed by atoms with van der Waals surface area (Å²) in [5.74, 6) is 0.882. The van der Waals surface area contributed by atoms with Gasteiger partial charge in [0.05, 0.1) is 0 Å². The number of nitrogen functional groups attached to an aromatic ring is 1. The van der Waals surface area contributed by atoms with Crippen molar-refractivity contribution in [1.82, 2.24) is 10.2 Å². The Balaban J connectivity index is 1.65. The van der Waals surface area contributed by atoms with E-state index in [2.05, 4.69) is 15.5 Å². The lowest BCUT2D eigenvalue weighted by atomic mass is 10.2. The normalized spacial score (nSPS) is 10.3. The molecule has 0 bridgehead atoms. The zero-order valence-electron chi connectivity index (χ0n) is 10.2. The third-order valence-electron chi connectivity index (χ3n) is 2.31. The second-order valence-electron chi connectivity index (χ2n) is 3.83. The van der Waals surface area contributed by atoms with E-state index in [4.69, 9.17) is 5.73 Å². The SMILES string of the molecule is Nc1ccc(NC(=O)CCCSc2nncs2)cc1. The van der Waals surface area contributed by atoms with Crippen LogP contribution in [-0.2, 0) is 4.79 Å². The van der Waals surface area contributed by atoms with E-state index in [0.717, 1.165) is 22.2 Å². The van der Waals surface area contributed by atoms with Gasteiger partial charge >= 0.3 is 0 Å². The Hall–Kier alpha value is -1.60. The summed E-state index contributed by atoms with van der Waals surface area (Å²) in [7, 11) is 0. The maximum absolute atomic E-state index is 11.7. The maximum atomic E-state index is 11.7. The first-order valence-corrected chi connectivity index (χ1v) is 7.65. The van der Waals surface area contributed by atoms with Crippen LogP contribution in [0.25, 0.3) is 0 Å². The average molecular weight is 294 g/mol. The highest BCUT2D eigenvalue weighted by Gasteiger charge is 2.03. The number of amides is 1. The summed E-state index contributed by atoms with van der Waals surface area (Å²) < 4.78 is 0.943. The number of nitrogens with one attached hydrogen (secondary N) is 1. The fraction of sp³-hybridized carbons (Fsp3) is 0.250. The van der Waals surface area contributed by atoms with Crippen LogP contribution in [0.5, 0.6) is 0 Å². The number of rotatable bonds is 6. The second-order valence-corrected chi connectivity index (χ2v) is 6.00. The number of carbonyl (C=O) groups is 1. The highest BCUT2D eigenvalue weighted by Crippen LogP contribution is 2.20. The van der Waals surface area contributed by atoms with Crippen molar-refractivity contribution >= 4 is 40.4 Å². The highest BCUT2D eigenvalue weighted by molar-refractivity contribution is 8.00. The van der Waals surface area contributed by atoms with Gasteiger partial charge in [-0.1, -0.05) is 23.1 Å². The molecular formula is C12H14N4OS2. The molecule has 0 aliphatic carbocycles. The molecule has 2 rings (SSSR count). The minimum Gasteiger partial charge on any atom is -0.399 e. The predicted molar refractivity (Wildman–Crippen MR) is 79.4 cm³/mol. The molecule has 7 heteroatoms. The van der Waals surface area contributed by atoms with Crippen LogP contribution in [0.3, 0.4) is 0 Å². The Labute approximate surface area is 119 Å². The molecule has 0 saturated carbocycles. The van der Waals surface area contributed by atoms with Crippen LogP contribution in [0.2, 0.25) is 0 Å². The molecule has 0 radical (unpaired) electrons. The lowest BCUT2D eigenvalue weighted by molar-refractivity contribution is -0.116. The van der Waals surface area contributed by atoms with Gasteiger partial charge in [0.2, 0.25) is 5.91 Å². The van der Waals surface area contributed by atoms with Gasteiger partial charge in [0.1, 0.15) is 5.51 Å². The Kier molecular flexibility index (Phi) is 5.17. The molecule has 0 atom stereocenters. The van der Waals surface area contributed by atoms with Crippen molar-refractivity contribution in [1.29, 1.82) is 0 Å². The van der Waals surface area contributed by atoms with Crippen LogP contribution in [0.4, 0.5) is 11.4 Å². The monoisotopic (exact) mass is 294 g/mol. The standard InChI is InChI=1S/C12H14N4OS2/c13-9-3-5-10(6-4-9)15-11(17)2-1-7-18-12-16-14-8-19-12/h3-6,8H,1-2,7,13H2,(H,15,17). The number of nitrogens with zero attached hydrogens (tertiary/aromatic N) is 2. The van der Waals surface area contributed by atoms with Crippen molar-refractivity contribution in [2.45, 2.75) is 17.2 Å². The van der Waals surface area contributed by atoms with Crippen molar-refractivity contribution in [2.75, 3.05) is 16.8 Å². The van der Waals surface area contributed by atoms with Crippen LogP contribution in [0.1, 0.15) is 12.8 Å². The van der Waals surface area contributed by atoms with Crippen molar-refractivity contribution in [3.63, 3.8) is 0 Å². The van der Waals surface area contributed by atoms with E-state index in [-0.39, 0.29) is 5.91 Å². The molecule has 100 valence electrons. The number of nitrogens with two attached hydrogens (primary N) is 1. The summed E-state index contributed by atoms with van der Waals surface area (Å²) in [5, 5.41) is 10.5. The summed E-state index contributed by atoms with van der Waals surface area (Å²) in [4.78, 5) is 11.7. The molecule has 0 spiro atoms. The highest BCUT2D eigenvalue weighted by atomic mass is 32.2. The zero-order valence-corrected chi connectivity index (χ0v) is 11.8. The molecule has 0 fully saturated rings. The van der Waals surface area contributed by atoms with Crippen LogP contribution < -0.4 is 11.1 Å². The molecule has 5 nitrogen and oxygen atoms in total. The molecule has 2 aromatic rings. The van der Waals surface area contributed by atoms with Gasteiger partial charge in [-0.3, -0.25) is 4.79 Å². The van der Waals surface area contributed by atoms with E-state index < -0.39 is 0 Å². The first-order chi connectivity index (χ1) is 9.24. The summed E-state index contributed by atoms with van der Waals surface area (Å²) >= 11 is 3.14. The van der Waals surface area contributed by atoms with E-state index in [0.29, 0.717) is 12.1 Å². The van der Waals surface area contributed by atoms with Crippen molar-refractivity contribution in [2.24, 2.45) is 0 Å². The molecule has 0 saturated heterocycles. The molecule has 1 aromatic heterocycles. The molecule has 0 aliphatic rings. The second kappa shape index (κ2) is 7.10. The van der Waals surface area contributed by atoms with Crippen molar-refractivity contribution < 1.29 is 4.79 Å². The Morgan fingerprint density at radius 3 is 2.84 bits per heavy atom.